The van der Waals surface area contributed by atoms with Crippen LogP contribution in [0.25, 0.3) is 28.2 Å². The topological polar surface area (TPSA) is 89.6 Å². The molecule has 8 aromatic rings. The first kappa shape index (κ1) is 30.7. The van der Waals surface area contributed by atoms with E-state index in [1.54, 1.807) is 6.33 Å². The zero-order valence-corrected chi connectivity index (χ0v) is 27.6. The van der Waals surface area contributed by atoms with Gasteiger partial charge in [0.15, 0.2) is 17.2 Å². The molecule has 3 heterocycles. The van der Waals surface area contributed by atoms with Crippen LogP contribution in [0, 0.1) is 11.3 Å². The molecule has 0 fully saturated rings. The molecular weight excluding hydrogens is 617 g/mol. The SMILES string of the molecule is CCCc1cn2cnc(C#N)c2n1Cc1ccc(-c2ccccc2-c2nnnn2C(c2ccccc2)(c2ccccc2)c2ccccc2)cc1. The summed E-state index contributed by atoms with van der Waals surface area (Å²) >= 11 is 0. The van der Waals surface area contributed by atoms with E-state index in [9.17, 15) is 5.26 Å². The van der Waals surface area contributed by atoms with Crippen molar-refractivity contribution >= 4 is 5.65 Å². The number of nitrogens with zero attached hydrogens (tertiary/aromatic N) is 8. The average Bonchev–Trinajstić information content (AvgIpc) is 3.91. The molecule has 3 aromatic heterocycles. The third-order valence-electron chi connectivity index (χ3n) is 9.41. The number of hydrogen-bond acceptors (Lipinski definition) is 5. The van der Waals surface area contributed by atoms with Gasteiger partial charge in [-0.2, -0.15) is 5.26 Å². The van der Waals surface area contributed by atoms with Crippen LogP contribution in [0.1, 0.15) is 47.0 Å². The van der Waals surface area contributed by atoms with Crippen LogP contribution < -0.4 is 0 Å². The minimum Gasteiger partial charge on any atom is -0.323 e. The van der Waals surface area contributed by atoms with Gasteiger partial charge < -0.3 is 4.57 Å². The van der Waals surface area contributed by atoms with Gasteiger partial charge in [-0.15, -0.1) is 5.10 Å². The molecule has 0 aliphatic rings. The highest BCUT2D eigenvalue weighted by Gasteiger charge is 2.42. The minimum absolute atomic E-state index is 0.438. The molecule has 0 unspecified atom stereocenters. The number of nitriles is 1. The quantitative estimate of drug-likeness (QED) is 0.139. The zero-order valence-electron chi connectivity index (χ0n) is 27.6. The summed E-state index contributed by atoms with van der Waals surface area (Å²) in [7, 11) is 0. The minimum atomic E-state index is -0.853. The Morgan fingerprint density at radius 3 is 1.86 bits per heavy atom. The number of aryl methyl sites for hydroxylation is 1. The van der Waals surface area contributed by atoms with Crippen molar-refractivity contribution in [2.75, 3.05) is 0 Å². The van der Waals surface area contributed by atoms with E-state index in [0.717, 1.165) is 57.4 Å². The van der Waals surface area contributed by atoms with E-state index in [0.29, 0.717) is 18.1 Å². The van der Waals surface area contributed by atoms with Crippen LogP contribution in [-0.4, -0.2) is 34.2 Å². The van der Waals surface area contributed by atoms with Gasteiger partial charge in [-0.1, -0.05) is 153 Å². The molecule has 0 spiro atoms. The standard InChI is InChI=1S/C42H34N8/c1-2-14-36-29-48-30-44-39(27-43)41(48)49(36)28-31-23-25-32(26-24-31)37-21-12-13-22-38(37)40-45-46-47-50(40)42(33-15-6-3-7-16-33,34-17-8-4-9-18-34)35-19-10-5-11-20-35/h3-13,15-26,29-30H,2,14,28H2,1H3. The summed E-state index contributed by atoms with van der Waals surface area (Å²) in [5.74, 6) is 0.657. The van der Waals surface area contributed by atoms with E-state index in [-0.39, 0.29) is 0 Å². The molecule has 50 heavy (non-hydrogen) atoms. The van der Waals surface area contributed by atoms with Crippen molar-refractivity contribution in [1.29, 1.82) is 5.26 Å². The maximum absolute atomic E-state index is 9.73. The van der Waals surface area contributed by atoms with Crippen molar-refractivity contribution in [2.24, 2.45) is 0 Å². The van der Waals surface area contributed by atoms with Crippen LogP contribution in [-0.2, 0) is 18.5 Å². The van der Waals surface area contributed by atoms with Crippen molar-refractivity contribution in [1.82, 2.24) is 34.2 Å². The number of imidazole rings is 2. The average molecular weight is 651 g/mol. The Morgan fingerprint density at radius 2 is 1.28 bits per heavy atom. The Morgan fingerprint density at radius 1 is 0.700 bits per heavy atom. The third-order valence-corrected chi connectivity index (χ3v) is 9.41. The van der Waals surface area contributed by atoms with Gasteiger partial charge in [-0.25, -0.2) is 9.67 Å². The summed E-state index contributed by atoms with van der Waals surface area (Å²) in [5.41, 5.74) is 8.87. The van der Waals surface area contributed by atoms with Gasteiger partial charge in [0, 0.05) is 24.0 Å². The smallest absolute Gasteiger partial charge is 0.184 e. The summed E-state index contributed by atoms with van der Waals surface area (Å²) in [6.07, 6.45) is 5.74. The van der Waals surface area contributed by atoms with E-state index >= 15 is 0 Å². The van der Waals surface area contributed by atoms with Crippen molar-refractivity contribution in [3.8, 4) is 28.6 Å². The van der Waals surface area contributed by atoms with Crippen LogP contribution in [0.15, 0.2) is 152 Å². The highest BCUT2D eigenvalue weighted by Crippen LogP contribution is 2.43. The van der Waals surface area contributed by atoms with E-state index in [1.165, 1.54) is 5.69 Å². The second-order valence-corrected chi connectivity index (χ2v) is 12.4. The van der Waals surface area contributed by atoms with Gasteiger partial charge in [0.05, 0.1) is 0 Å². The lowest BCUT2D eigenvalue weighted by molar-refractivity contribution is 0.451. The van der Waals surface area contributed by atoms with Gasteiger partial charge in [-0.05, 0) is 50.2 Å². The van der Waals surface area contributed by atoms with Crippen molar-refractivity contribution in [3.05, 3.63) is 186 Å². The predicted octanol–water partition coefficient (Wildman–Crippen LogP) is 8.17. The summed E-state index contributed by atoms with van der Waals surface area (Å²) in [5, 5.41) is 23.5. The van der Waals surface area contributed by atoms with E-state index in [4.69, 9.17) is 10.3 Å². The Kier molecular flexibility index (Phi) is 8.07. The number of benzene rings is 5. The second kappa shape index (κ2) is 13.1. The van der Waals surface area contributed by atoms with Gasteiger partial charge in [0.25, 0.3) is 0 Å². The Balaban J connectivity index is 1.24. The fourth-order valence-electron chi connectivity index (χ4n) is 7.18. The number of tetrazole rings is 1. The molecule has 0 saturated carbocycles. The monoisotopic (exact) mass is 650 g/mol. The maximum atomic E-state index is 9.73. The van der Waals surface area contributed by atoms with Crippen LogP contribution in [0.4, 0.5) is 0 Å². The molecule has 0 aliphatic heterocycles. The molecule has 0 amide bonds. The summed E-state index contributed by atoms with van der Waals surface area (Å²) < 4.78 is 6.15. The lowest BCUT2D eigenvalue weighted by Crippen LogP contribution is -2.39. The molecule has 0 atom stereocenters. The van der Waals surface area contributed by atoms with Gasteiger partial charge >= 0.3 is 0 Å². The predicted molar refractivity (Wildman–Crippen MR) is 194 cm³/mol. The van der Waals surface area contributed by atoms with Gasteiger partial charge in [0.2, 0.25) is 0 Å². The molecular formula is C42H34N8. The molecule has 8 nitrogen and oxygen atoms in total. The first-order valence-electron chi connectivity index (χ1n) is 16.8. The van der Waals surface area contributed by atoms with Crippen LogP contribution >= 0.6 is 0 Å². The molecule has 0 bridgehead atoms. The number of aromatic nitrogens is 7. The summed E-state index contributed by atoms with van der Waals surface area (Å²) in [4.78, 5) is 4.31. The molecule has 242 valence electrons. The highest BCUT2D eigenvalue weighted by molar-refractivity contribution is 5.81. The van der Waals surface area contributed by atoms with Gasteiger partial charge in [0.1, 0.15) is 17.9 Å². The van der Waals surface area contributed by atoms with Gasteiger partial charge in [-0.3, -0.25) is 4.40 Å². The second-order valence-electron chi connectivity index (χ2n) is 12.4. The molecule has 8 heteroatoms. The van der Waals surface area contributed by atoms with Crippen molar-refractivity contribution in [3.63, 3.8) is 0 Å². The Bertz CT molecular complexity index is 2320. The normalized spacial score (nSPS) is 11.5. The maximum Gasteiger partial charge on any atom is 0.184 e. The largest absolute Gasteiger partial charge is 0.323 e. The number of rotatable bonds is 10. The zero-order chi connectivity index (χ0) is 33.9. The fraction of sp³-hybridized carbons (Fsp3) is 0.119. The molecule has 5 aromatic carbocycles. The van der Waals surface area contributed by atoms with E-state index < -0.39 is 5.54 Å². The van der Waals surface area contributed by atoms with Crippen molar-refractivity contribution < 1.29 is 0 Å². The van der Waals surface area contributed by atoms with E-state index in [2.05, 4.69) is 149 Å². The van der Waals surface area contributed by atoms with Crippen LogP contribution in [0.2, 0.25) is 0 Å². The summed E-state index contributed by atoms with van der Waals surface area (Å²) in [6, 6.07) is 50.5. The Hall–Kier alpha value is -6.59. The molecule has 0 saturated heterocycles. The molecule has 0 aliphatic carbocycles. The fourth-order valence-corrected chi connectivity index (χ4v) is 7.18. The van der Waals surface area contributed by atoms with Crippen LogP contribution in [0.3, 0.4) is 0 Å². The highest BCUT2D eigenvalue weighted by atomic mass is 15.6. The Labute approximate surface area is 290 Å². The first-order valence-corrected chi connectivity index (χ1v) is 16.8. The molecule has 0 N–H and O–H groups in total. The first-order chi connectivity index (χ1) is 24.7. The van der Waals surface area contributed by atoms with Crippen LogP contribution in [0.5, 0.6) is 0 Å². The lowest BCUT2D eigenvalue weighted by atomic mass is 9.77. The van der Waals surface area contributed by atoms with Crippen molar-refractivity contribution in [2.45, 2.75) is 31.8 Å². The number of fused-ring (bicyclic) bond motifs is 1. The summed E-state index contributed by atoms with van der Waals surface area (Å²) in [6.45, 7) is 2.81. The molecule has 8 rings (SSSR count). The lowest BCUT2D eigenvalue weighted by Gasteiger charge is -2.36. The third kappa shape index (κ3) is 5.17. The number of hydrogen-bond donors (Lipinski definition) is 0. The van der Waals surface area contributed by atoms with E-state index in [1.807, 2.05) is 33.3 Å². The molecule has 0 radical (unpaired) electrons.